The maximum atomic E-state index is 4.04. The summed E-state index contributed by atoms with van der Waals surface area (Å²) in [5.74, 6) is 0. The summed E-state index contributed by atoms with van der Waals surface area (Å²) in [5.41, 5.74) is 2.29. The molecule has 0 unspecified atom stereocenters. The molecule has 1 heterocycles. The number of halogens is 1. The maximum Gasteiger partial charge on any atom is 0.0529 e. The minimum atomic E-state index is 0.818. The lowest BCUT2D eigenvalue weighted by Crippen LogP contribution is -1.98. The zero-order chi connectivity index (χ0) is 10.5. The van der Waals surface area contributed by atoms with Gasteiger partial charge in [-0.2, -0.15) is 0 Å². The monoisotopic (exact) mass is 262 g/mol. The van der Waals surface area contributed by atoms with Crippen LogP contribution in [0.3, 0.4) is 0 Å². The number of anilines is 1. The summed E-state index contributed by atoms with van der Waals surface area (Å²) in [7, 11) is 0. The van der Waals surface area contributed by atoms with E-state index in [-0.39, 0.29) is 0 Å². The predicted molar refractivity (Wildman–Crippen MR) is 65.7 cm³/mol. The second-order valence-electron chi connectivity index (χ2n) is 3.22. The Morgan fingerprint density at radius 2 is 1.93 bits per heavy atom. The first kappa shape index (κ1) is 10.2. The molecule has 1 N–H and O–H groups in total. The molecule has 0 bridgehead atoms. The van der Waals surface area contributed by atoms with Gasteiger partial charge in [0.15, 0.2) is 0 Å². The third-order valence-electron chi connectivity index (χ3n) is 2.07. The highest BCUT2D eigenvalue weighted by molar-refractivity contribution is 9.10. The highest BCUT2D eigenvalue weighted by atomic mass is 79.9. The first-order chi connectivity index (χ1) is 7.34. The largest absolute Gasteiger partial charge is 0.380 e. The van der Waals surface area contributed by atoms with E-state index in [0.29, 0.717) is 0 Å². The summed E-state index contributed by atoms with van der Waals surface area (Å²) in [6, 6.07) is 12.2. The van der Waals surface area contributed by atoms with Crippen molar-refractivity contribution >= 4 is 21.6 Å². The average Bonchev–Trinajstić information content (AvgIpc) is 2.30. The molecule has 2 rings (SSSR count). The van der Waals surface area contributed by atoms with E-state index < -0.39 is 0 Å². The number of nitrogens with zero attached hydrogens (tertiary/aromatic N) is 1. The van der Waals surface area contributed by atoms with E-state index in [1.807, 2.05) is 30.5 Å². The number of nitrogens with one attached hydrogen (secondary N) is 1. The van der Waals surface area contributed by atoms with Crippen molar-refractivity contribution in [1.29, 1.82) is 0 Å². The van der Waals surface area contributed by atoms with E-state index >= 15 is 0 Å². The topological polar surface area (TPSA) is 24.9 Å². The third kappa shape index (κ3) is 3.06. The smallest absolute Gasteiger partial charge is 0.0529 e. The molecule has 76 valence electrons. The fourth-order valence-corrected chi connectivity index (χ4v) is 1.54. The summed E-state index contributed by atoms with van der Waals surface area (Å²) in [5, 5.41) is 3.30. The molecule has 3 heteroatoms. The molecule has 2 aromatic rings. The molecule has 0 aliphatic rings. The van der Waals surface area contributed by atoms with Crippen molar-refractivity contribution in [2.24, 2.45) is 0 Å². The first-order valence-corrected chi connectivity index (χ1v) is 5.52. The molecule has 0 amide bonds. The maximum absolute atomic E-state index is 4.04. The van der Waals surface area contributed by atoms with Gasteiger partial charge in [0.1, 0.15) is 0 Å². The Hall–Kier alpha value is -1.35. The lowest BCUT2D eigenvalue weighted by molar-refractivity contribution is 1.14. The Morgan fingerprint density at radius 3 is 2.60 bits per heavy atom. The molecule has 1 aromatic carbocycles. The third-order valence-corrected chi connectivity index (χ3v) is 2.60. The van der Waals surface area contributed by atoms with Gasteiger partial charge < -0.3 is 5.32 Å². The summed E-state index contributed by atoms with van der Waals surface area (Å²) >= 11 is 3.41. The summed E-state index contributed by atoms with van der Waals surface area (Å²) in [6.07, 6.45) is 3.59. The quantitative estimate of drug-likeness (QED) is 0.917. The van der Waals surface area contributed by atoms with Crippen molar-refractivity contribution < 1.29 is 0 Å². The van der Waals surface area contributed by atoms with E-state index in [2.05, 4.69) is 38.4 Å². The van der Waals surface area contributed by atoms with Crippen LogP contribution in [0.1, 0.15) is 5.56 Å². The molecular weight excluding hydrogens is 252 g/mol. The van der Waals surface area contributed by atoms with Crippen LogP contribution in [-0.4, -0.2) is 4.98 Å². The van der Waals surface area contributed by atoms with Crippen molar-refractivity contribution in [3.63, 3.8) is 0 Å². The van der Waals surface area contributed by atoms with E-state index in [0.717, 1.165) is 16.7 Å². The van der Waals surface area contributed by atoms with Gasteiger partial charge in [-0.25, -0.2) is 0 Å². The van der Waals surface area contributed by atoms with Gasteiger partial charge in [-0.1, -0.05) is 28.1 Å². The van der Waals surface area contributed by atoms with Crippen LogP contribution in [0.2, 0.25) is 0 Å². The molecule has 0 atom stereocenters. The van der Waals surface area contributed by atoms with Gasteiger partial charge in [-0.05, 0) is 29.8 Å². The Labute approximate surface area is 97.5 Å². The fourth-order valence-electron chi connectivity index (χ4n) is 1.27. The molecular formula is C12H11BrN2. The Kier molecular flexibility index (Phi) is 3.35. The molecule has 0 aliphatic heterocycles. The fraction of sp³-hybridized carbons (Fsp3) is 0.0833. The van der Waals surface area contributed by atoms with Crippen molar-refractivity contribution in [2.45, 2.75) is 6.54 Å². The second kappa shape index (κ2) is 4.94. The molecule has 0 aliphatic carbocycles. The number of benzene rings is 1. The van der Waals surface area contributed by atoms with Gasteiger partial charge >= 0.3 is 0 Å². The molecule has 0 radical (unpaired) electrons. The summed E-state index contributed by atoms with van der Waals surface area (Å²) < 4.78 is 1.10. The first-order valence-electron chi connectivity index (χ1n) is 4.73. The van der Waals surface area contributed by atoms with E-state index in [1.54, 1.807) is 6.20 Å². The van der Waals surface area contributed by atoms with Crippen LogP contribution in [0.15, 0.2) is 53.3 Å². The number of rotatable bonds is 3. The van der Waals surface area contributed by atoms with Crippen molar-refractivity contribution in [3.8, 4) is 0 Å². The van der Waals surface area contributed by atoms with Crippen molar-refractivity contribution in [1.82, 2.24) is 4.98 Å². The highest BCUT2D eigenvalue weighted by Crippen LogP contribution is 2.12. The van der Waals surface area contributed by atoms with Crippen LogP contribution in [0, 0.1) is 0 Å². The number of hydrogen-bond donors (Lipinski definition) is 1. The minimum absolute atomic E-state index is 0.818. The van der Waals surface area contributed by atoms with Gasteiger partial charge in [-0.3, -0.25) is 4.98 Å². The Bertz CT molecular complexity index is 411. The standard InChI is InChI=1S/C12H11BrN2/c13-11-5-3-10(4-6-11)8-15-12-2-1-7-14-9-12/h1-7,9,15H,8H2. The zero-order valence-electron chi connectivity index (χ0n) is 8.15. The Morgan fingerprint density at radius 1 is 1.13 bits per heavy atom. The lowest BCUT2D eigenvalue weighted by Gasteiger charge is -2.05. The van der Waals surface area contributed by atoms with E-state index in [4.69, 9.17) is 0 Å². The van der Waals surface area contributed by atoms with Gasteiger partial charge in [0.05, 0.1) is 5.69 Å². The van der Waals surface area contributed by atoms with E-state index in [1.165, 1.54) is 5.56 Å². The van der Waals surface area contributed by atoms with Crippen molar-refractivity contribution in [2.75, 3.05) is 5.32 Å². The van der Waals surface area contributed by atoms with Crippen LogP contribution < -0.4 is 5.32 Å². The number of pyridine rings is 1. The van der Waals surface area contributed by atoms with Crippen LogP contribution in [0.25, 0.3) is 0 Å². The SMILES string of the molecule is Brc1ccc(CNc2cccnc2)cc1. The van der Waals surface area contributed by atoms with E-state index in [9.17, 15) is 0 Å². The molecule has 0 fully saturated rings. The highest BCUT2D eigenvalue weighted by Gasteiger charge is 1.93. The molecule has 15 heavy (non-hydrogen) atoms. The minimum Gasteiger partial charge on any atom is -0.380 e. The average molecular weight is 263 g/mol. The van der Waals surface area contributed by atoms with Gasteiger partial charge in [0.2, 0.25) is 0 Å². The van der Waals surface area contributed by atoms with Crippen molar-refractivity contribution in [3.05, 3.63) is 58.8 Å². The molecule has 1 aromatic heterocycles. The molecule has 0 spiro atoms. The normalized spacial score (nSPS) is 9.93. The number of aromatic nitrogens is 1. The lowest BCUT2D eigenvalue weighted by atomic mass is 10.2. The zero-order valence-corrected chi connectivity index (χ0v) is 9.74. The molecule has 2 nitrogen and oxygen atoms in total. The van der Waals surface area contributed by atoms with Gasteiger partial charge in [0.25, 0.3) is 0 Å². The number of hydrogen-bond acceptors (Lipinski definition) is 2. The summed E-state index contributed by atoms with van der Waals surface area (Å²) in [4.78, 5) is 4.04. The van der Waals surface area contributed by atoms with Gasteiger partial charge in [-0.15, -0.1) is 0 Å². The predicted octanol–water partition coefficient (Wildman–Crippen LogP) is 3.46. The van der Waals surface area contributed by atoms with Crippen LogP contribution >= 0.6 is 15.9 Å². The second-order valence-corrected chi connectivity index (χ2v) is 4.14. The molecule has 0 saturated carbocycles. The van der Waals surface area contributed by atoms with Crippen LogP contribution in [-0.2, 0) is 6.54 Å². The van der Waals surface area contributed by atoms with Crippen LogP contribution in [0.5, 0.6) is 0 Å². The summed E-state index contributed by atoms with van der Waals surface area (Å²) in [6.45, 7) is 0.818. The molecule has 0 saturated heterocycles. The van der Waals surface area contributed by atoms with Gasteiger partial charge in [0, 0.05) is 23.4 Å². The van der Waals surface area contributed by atoms with Crippen LogP contribution in [0.4, 0.5) is 5.69 Å². The Balaban J connectivity index is 1.96.